The summed E-state index contributed by atoms with van der Waals surface area (Å²) in [6.45, 7) is 8.71. The topological polar surface area (TPSA) is 57.0 Å². The third kappa shape index (κ3) is 2.86. The van der Waals surface area contributed by atoms with Crippen LogP contribution in [0.3, 0.4) is 0 Å². The van der Waals surface area contributed by atoms with E-state index in [0.29, 0.717) is 23.6 Å². The molecule has 5 heteroatoms. The fourth-order valence-electron chi connectivity index (χ4n) is 3.45. The molecule has 1 fully saturated rings. The summed E-state index contributed by atoms with van der Waals surface area (Å²) >= 11 is 0. The van der Waals surface area contributed by atoms with Crippen LogP contribution in [0.2, 0.25) is 0 Å². The van der Waals surface area contributed by atoms with Gasteiger partial charge in [0.05, 0.1) is 18.8 Å². The van der Waals surface area contributed by atoms with E-state index < -0.39 is 5.97 Å². The average molecular weight is 279 g/mol. The van der Waals surface area contributed by atoms with Crippen LogP contribution < -0.4 is 0 Å². The third-order valence-corrected chi connectivity index (χ3v) is 4.16. The molecule has 1 saturated carbocycles. The molecule has 0 aromatic carbocycles. The predicted molar refractivity (Wildman–Crippen MR) is 76.7 cm³/mol. The highest BCUT2D eigenvalue weighted by atomic mass is 16.5. The Labute approximate surface area is 120 Å². The number of rotatable bonds is 3. The smallest absolute Gasteiger partial charge is 0.360 e. The first-order valence-corrected chi connectivity index (χ1v) is 7.47. The van der Waals surface area contributed by atoms with Gasteiger partial charge in [0.2, 0.25) is 0 Å². The normalized spacial score (nSPS) is 26.8. The first kappa shape index (κ1) is 15.0. The van der Waals surface area contributed by atoms with Crippen LogP contribution >= 0.6 is 0 Å². The molecular weight excluding hydrogens is 254 g/mol. The van der Waals surface area contributed by atoms with Crippen LogP contribution in [0, 0.1) is 11.8 Å². The number of carbonyl (C=O) groups excluding carboxylic acids is 1. The lowest BCUT2D eigenvalue weighted by atomic mass is 9.80. The minimum Gasteiger partial charge on any atom is -0.464 e. The molecule has 0 spiro atoms. The minimum absolute atomic E-state index is 0.201. The molecule has 0 radical (unpaired) electrons. The van der Waals surface area contributed by atoms with Crippen LogP contribution in [0.4, 0.5) is 0 Å². The molecule has 1 aromatic heterocycles. The Morgan fingerprint density at radius 3 is 2.35 bits per heavy atom. The summed E-state index contributed by atoms with van der Waals surface area (Å²) in [5.41, 5.74) is 1.27. The summed E-state index contributed by atoms with van der Waals surface area (Å²) in [5.74, 6) is 1.19. The zero-order valence-electron chi connectivity index (χ0n) is 13.1. The van der Waals surface area contributed by atoms with Gasteiger partial charge in [0.25, 0.3) is 0 Å². The largest absolute Gasteiger partial charge is 0.464 e. The Hall–Kier alpha value is -1.39. The number of ether oxygens (including phenoxy) is 1. The van der Waals surface area contributed by atoms with Crippen LogP contribution in [0.5, 0.6) is 0 Å². The predicted octanol–water partition coefficient (Wildman–Crippen LogP) is 3.19. The molecule has 0 amide bonds. The first-order chi connectivity index (χ1) is 9.43. The molecule has 20 heavy (non-hydrogen) atoms. The highest BCUT2D eigenvalue weighted by molar-refractivity contribution is 5.88. The van der Waals surface area contributed by atoms with E-state index in [1.54, 1.807) is 0 Å². The third-order valence-electron chi connectivity index (χ3n) is 4.16. The molecule has 1 aromatic rings. The molecule has 0 bridgehead atoms. The van der Waals surface area contributed by atoms with E-state index in [4.69, 9.17) is 4.74 Å². The summed E-state index contributed by atoms with van der Waals surface area (Å²) in [5, 5.41) is 8.34. The zero-order chi connectivity index (χ0) is 14.9. The van der Waals surface area contributed by atoms with Crippen LogP contribution in [0.25, 0.3) is 0 Å². The number of carbonyl (C=O) groups is 1. The van der Waals surface area contributed by atoms with Gasteiger partial charge >= 0.3 is 5.97 Å². The molecule has 0 aliphatic heterocycles. The van der Waals surface area contributed by atoms with Crippen molar-refractivity contribution in [3.63, 3.8) is 0 Å². The van der Waals surface area contributed by atoms with Gasteiger partial charge in [-0.3, -0.25) is 0 Å². The minimum atomic E-state index is -0.392. The van der Waals surface area contributed by atoms with E-state index in [9.17, 15) is 4.79 Å². The second kappa shape index (κ2) is 5.94. The summed E-state index contributed by atoms with van der Waals surface area (Å²) in [7, 11) is 1.39. The highest BCUT2D eigenvalue weighted by Crippen LogP contribution is 2.37. The summed E-state index contributed by atoms with van der Waals surface area (Å²) < 4.78 is 6.79. The van der Waals surface area contributed by atoms with Gasteiger partial charge in [0.1, 0.15) is 0 Å². The molecule has 1 heterocycles. The summed E-state index contributed by atoms with van der Waals surface area (Å²) in [4.78, 5) is 11.8. The molecule has 112 valence electrons. The fourth-order valence-corrected chi connectivity index (χ4v) is 3.45. The van der Waals surface area contributed by atoms with E-state index in [-0.39, 0.29) is 5.92 Å². The highest BCUT2D eigenvalue weighted by Gasteiger charge is 2.31. The van der Waals surface area contributed by atoms with Gasteiger partial charge in [0, 0.05) is 0 Å². The van der Waals surface area contributed by atoms with E-state index >= 15 is 0 Å². The molecule has 1 aliphatic rings. The van der Waals surface area contributed by atoms with E-state index in [2.05, 4.69) is 38.0 Å². The number of hydrogen-bond donors (Lipinski definition) is 0. The van der Waals surface area contributed by atoms with Gasteiger partial charge in [-0.2, -0.15) is 0 Å². The van der Waals surface area contributed by atoms with E-state index in [0.717, 1.165) is 18.5 Å². The number of nitrogens with zero attached hydrogens (tertiary/aromatic N) is 3. The van der Waals surface area contributed by atoms with Crippen LogP contribution in [-0.2, 0) is 4.74 Å². The van der Waals surface area contributed by atoms with Gasteiger partial charge in [-0.05, 0) is 37.0 Å². The standard InChI is InChI=1S/C15H25N3O2/c1-9(2)14-13(15(19)20-5)16-17-18(14)12-7-10(3)6-11(4)8-12/h9-12H,6-8H2,1-5H3. The van der Waals surface area contributed by atoms with Crippen molar-refractivity contribution >= 4 is 5.97 Å². The lowest BCUT2D eigenvalue weighted by Crippen LogP contribution is -2.25. The average Bonchev–Trinajstić information content (AvgIpc) is 2.81. The second-order valence-electron chi connectivity index (χ2n) is 6.49. The molecule has 0 saturated heterocycles. The molecule has 2 rings (SSSR count). The maximum atomic E-state index is 11.8. The van der Waals surface area contributed by atoms with Crippen molar-refractivity contribution in [3.05, 3.63) is 11.4 Å². The van der Waals surface area contributed by atoms with Crippen molar-refractivity contribution in [3.8, 4) is 0 Å². The Balaban J connectivity index is 2.36. The lowest BCUT2D eigenvalue weighted by Gasteiger charge is -2.32. The van der Waals surface area contributed by atoms with E-state index in [1.807, 2.05) is 4.68 Å². The van der Waals surface area contributed by atoms with Gasteiger partial charge in [0.15, 0.2) is 5.69 Å². The monoisotopic (exact) mass is 279 g/mol. The zero-order valence-corrected chi connectivity index (χ0v) is 13.1. The maximum absolute atomic E-state index is 11.8. The van der Waals surface area contributed by atoms with Gasteiger partial charge in [-0.1, -0.05) is 32.9 Å². The van der Waals surface area contributed by atoms with Crippen molar-refractivity contribution in [2.24, 2.45) is 11.8 Å². The lowest BCUT2D eigenvalue weighted by molar-refractivity contribution is 0.0592. The maximum Gasteiger partial charge on any atom is 0.360 e. The molecule has 5 nitrogen and oxygen atoms in total. The second-order valence-corrected chi connectivity index (χ2v) is 6.49. The van der Waals surface area contributed by atoms with Crippen molar-refractivity contribution in [2.45, 2.75) is 58.9 Å². The van der Waals surface area contributed by atoms with Crippen molar-refractivity contribution < 1.29 is 9.53 Å². The first-order valence-electron chi connectivity index (χ1n) is 7.47. The Bertz CT molecular complexity index is 471. The SMILES string of the molecule is COC(=O)c1nnn(C2CC(C)CC(C)C2)c1C(C)C. The van der Waals surface area contributed by atoms with Crippen LogP contribution in [-0.4, -0.2) is 28.1 Å². The molecule has 0 N–H and O–H groups in total. The van der Waals surface area contributed by atoms with Gasteiger partial charge < -0.3 is 4.74 Å². The molecular formula is C15H25N3O2. The number of esters is 1. The molecule has 1 aliphatic carbocycles. The summed E-state index contributed by atoms with van der Waals surface area (Å²) in [6, 6.07) is 0.344. The Morgan fingerprint density at radius 1 is 1.25 bits per heavy atom. The number of methoxy groups -OCH3 is 1. The Morgan fingerprint density at radius 2 is 1.85 bits per heavy atom. The van der Waals surface area contributed by atoms with Crippen LogP contribution in [0.1, 0.15) is 75.1 Å². The number of aromatic nitrogens is 3. The van der Waals surface area contributed by atoms with Gasteiger partial charge in [-0.15, -0.1) is 5.10 Å². The van der Waals surface area contributed by atoms with Gasteiger partial charge in [-0.25, -0.2) is 9.48 Å². The molecule has 2 unspecified atom stereocenters. The van der Waals surface area contributed by atoms with Crippen molar-refractivity contribution in [1.29, 1.82) is 0 Å². The Kier molecular flexibility index (Phi) is 4.45. The van der Waals surface area contributed by atoms with E-state index in [1.165, 1.54) is 13.5 Å². The van der Waals surface area contributed by atoms with Crippen LogP contribution in [0.15, 0.2) is 0 Å². The van der Waals surface area contributed by atoms with Crippen molar-refractivity contribution in [2.75, 3.05) is 7.11 Å². The number of hydrogen-bond acceptors (Lipinski definition) is 4. The van der Waals surface area contributed by atoms with Crippen molar-refractivity contribution in [1.82, 2.24) is 15.0 Å². The fraction of sp³-hybridized carbons (Fsp3) is 0.800. The molecule has 2 atom stereocenters. The summed E-state index contributed by atoms with van der Waals surface area (Å²) in [6.07, 6.45) is 3.48. The quantitative estimate of drug-likeness (QED) is 0.797.